The average Bonchev–Trinajstić information content (AvgIpc) is 2.61. The van der Waals surface area contributed by atoms with Gasteiger partial charge in [-0.15, -0.1) is 0 Å². The highest BCUT2D eigenvalue weighted by Crippen LogP contribution is 2.34. The van der Waals surface area contributed by atoms with Crippen LogP contribution in [-0.4, -0.2) is 56.4 Å². The van der Waals surface area contributed by atoms with E-state index in [1.807, 2.05) is 0 Å². The second-order valence-corrected chi connectivity index (χ2v) is 5.61. The Morgan fingerprint density at radius 2 is 1.71 bits per heavy atom. The Balaban J connectivity index is 1.82. The van der Waals surface area contributed by atoms with Gasteiger partial charge in [0, 0.05) is 12.4 Å². The molecule has 0 aliphatic carbocycles. The third-order valence-electron chi connectivity index (χ3n) is 3.96. The molecule has 3 rings (SSSR count). The maximum Gasteiger partial charge on any atom is 0.130 e. The van der Waals surface area contributed by atoms with E-state index in [1.165, 1.54) is 0 Å². The number of aliphatic hydroxyl groups excluding tert-OH is 4. The molecular formula is C17H19NO6. The topological polar surface area (TPSA) is 112 Å². The van der Waals surface area contributed by atoms with E-state index in [2.05, 4.69) is 4.98 Å². The van der Waals surface area contributed by atoms with Gasteiger partial charge in [0.15, 0.2) is 0 Å². The van der Waals surface area contributed by atoms with Crippen LogP contribution in [0.5, 0.6) is 11.5 Å². The highest BCUT2D eigenvalue weighted by molar-refractivity contribution is 5.34. The molecule has 1 aromatic heterocycles. The van der Waals surface area contributed by atoms with Crippen LogP contribution in [0.4, 0.5) is 0 Å². The first-order valence-electron chi connectivity index (χ1n) is 7.58. The largest absolute Gasteiger partial charge is 0.457 e. The van der Waals surface area contributed by atoms with Gasteiger partial charge in [-0.05, 0) is 29.8 Å². The summed E-state index contributed by atoms with van der Waals surface area (Å²) in [6.45, 7) is -0.464. The minimum Gasteiger partial charge on any atom is -0.457 e. The molecule has 0 spiro atoms. The highest BCUT2D eigenvalue weighted by atomic mass is 16.5. The number of hydrogen-bond donors (Lipinski definition) is 4. The first-order chi connectivity index (χ1) is 11.6. The normalized spacial score (nSPS) is 30.1. The predicted molar refractivity (Wildman–Crippen MR) is 83.5 cm³/mol. The van der Waals surface area contributed by atoms with Crippen LogP contribution in [0.3, 0.4) is 0 Å². The molecule has 5 atom stereocenters. The van der Waals surface area contributed by atoms with Crippen LogP contribution in [0, 0.1) is 0 Å². The van der Waals surface area contributed by atoms with Crippen molar-refractivity contribution in [2.75, 3.05) is 6.61 Å². The van der Waals surface area contributed by atoms with Gasteiger partial charge >= 0.3 is 0 Å². The molecule has 0 bridgehead atoms. The van der Waals surface area contributed by atoms with Crippen LogP contribution in [0.2, 0.25) is 0 Å². The molecule has 0 amide bonds. The molecule has 128 valence electrons. The predicted octanol–water partition coefficient (Wildman–Crippen LogP) is 0.389. The molecule has 7 nitrogen and oxygen atoms in total. The fourth-order valence-corrected chi connectivity index (χ4v) is 2.67. The van der Waals surface area contributed by atoms with E-state index in [0.29, 0.717) is 17.1 Å². The monoisotopic (exact) mass is 333 g/mol. The van der Waals surface area contributed by atoms with Crippen molar-refractivity contribution in [3.63, 3.8) is 0 Å². The van der Waals surface area contributed by atoms with Gasteiger partial charge in [0.2, 0.25) is 0 Å². The van der Waals surface area contributed by atoms with Crippen LogP contribution in [0.25, 0.3) is 0 Å². The van der Waals surface area contributed by atoms with E-state index < -0.39 is 37.1 Å². The van der Waals surface area contributed by atoms with Gasteiger partial charge in [-0.25, -0.2) is 0 Å². The molecule has 4 N–H and O–H groups in total. The summed E-state index contributed by atoms with van der Waals surface area (Å²) < 4.78 is 11.3. The highest BCUT2D eigenvalue weighted by Gasteiger charge is 2.43. The number of rotatable bonds is 4. The molecule has 1 unspecified atom stereocenters. The quantitative estimate of drug-likeness (QED) is 0.640. The molecule has 0 saturated carbocycles. The summed E-state index contributed by atoms with van der Waals surface area (Å²) in [5.74, 6) is 1.13. The summed E-state index contributed by atoms with van der Waals surface area (Å²) in [4.78, 5) is 3.91. The fraction of sp³-hybridized carbons (Fsp3) is 0.353. The zero-order chi connectivity index (χ0) is 17.1. The van der Waals surface area contributed by atoms with Gasteiger partial charge in [-0.1, -0.05) is 12.1 Å². The van der Waals surface area contributed by atoms with Gasteiger partial charge < -0.3 is 29.9 Å². The maximum atomic E-state index is 10.2. The molecule has 1 aliphatic heterocycles. The Labute approximate surface area is 138 Å². The summed E-state index contributed by atoms with van der Waals surface area (Å²) in [6.07, 6.45) is -2.73. The molecule has 1 saturated heterocycles. The van der Waals surface area contributed by atoms with Crippen molar-refractivity contribution in [2.24, 2.45) is 0 Å². The van der Waals surface area contributed by atoms with E-state index in [9.17, 15) is 20.4 Å². The second-order valence-electron chi connectivity index (χ2n) is 5.61. The smallest absolute Gasteiger partial charge is 0.130 e. The molecule has 0 radical (unpaired) electrons. The Bertz CT molecular complexity index is 665. The molecule has 1 aliphatic rings. The van der Waals surface area contributed by atoms with Crippen molar-refractivity contribution in [1.29, 1.82) is 0 Å². The maximum absolute atomic E-state index is 10.2. The summed E-state index contributed by atoms with van der Waals surface area (Å²) in [5, 5.41) is 39.2. The van der Waals surface area contributed by atoms with E-state index >= 15 is 0 Å². The second kappa shape index (κ2) is 7.25. The number of pyridine rings is 1. The molecular weight excluding hydrogens is 314 g/mol. The molecule has 2 aromatic rings. The summed E-state index contributed by atoms with van der Waals surface area (Å²) >= 11 is 0. The van der Waals surface area contributed by atoms with Gasteiger partial charge in [-0.3, -0.25) is 4.98 Å². The van der Waals surface area contributed by atoms with Gasteiger partial charge in [0.1, 0.15) is 42.0 Å². The number of ether oxygens (including phenoxy) is 2. The molecule has 2 heterocycles. The van der Waals surface area contributed by atoms with Gasteiger partial charge in [-0.2, -0.15) is 0 Å². The lowest BCUT2D eigenvalue weighted by atomic mass is 9.91. The Morgan fingerprint density at radius 1 is 0.958 bits per heavy atom. The van der Waals surface area contributed by atoms with Gasteiger partial charge in [0.25, 0.3) is 0 Å². The summed E-state index contributed by atoms with van der Waals surface area (Å²) in [6, 6.07) is 10.3. The van der Waals surface area contributed by atoms with Crippen LogP contribution in [-0.2, 0) is 4.74 Å². The first-order valence-corrected chi connectivity index (χ1v) is 7.58. The van der Waals surface area contributed by atoms with Gasteiger partial charge in [0.05, 0.1) is 6.61 Å². The molecule has 24 heavy (non-hydrogen) atoms. The van der Waals surface area contributed by atoms with Crippen LogP contribution >= 0.6 is 0 Å². The van der Waals surface area contributed by atoms with E-state index in [0.717, 1.165) is 0 Å². The van der Waals surface area contributed by atoms with Crippen molar-refractivity contribution in [3.8, 4) is 11.5 Å². The lowest BCUT2D eigenvalue weighted by Gasteiger charge is -2.40. The first kappa shape index (κ1) is 16.8. The number of aromatic nitrogens is 1. The number of nitrogens with zero attached hydrogens (tertiary/aromatic N) is 1. The lowest BCUT2D eigenvalue weighted by molar-refractivity contribution is -0.231. The number of benzene rings is 1. The van der Waals surface area contributed by atoms with Crippen LogP contribution in [0.15, 0.2) is 48.8 Å². The van der Waals surface area contributed by atoms with Crippen molar-refractivity contribution in [3.05, 3.63) is 54.4 Å². The zero-order valence-electron chi connectivity index (χ0n) is 12.8. The lowest BCUT2D eigenvalue weighted by Crippen LogP contribution is -2.55. The minimum atomic E-state index is -1.41. The summed E-state index contributed by atoms with van der Waals surface area (Å²) in [5.41, 5.74) is 0.568. The SMILES string of the molecule is OC[C@H]1OC(c2cccc(Oc3ccncc3)c2)[C@@H](O)[C@@H](O)[C@@H]1O. The molecule has 1 aromatic carbocycles. The van der Waals surface area contributed by atoms with E-state index in [4.69, 9.17) is 9.47 Å². The van der Waals surface area contributed by atoms with E-state index in [-0.39, 0.29) is 0 Å². The van der Waals surface area contributed by atoms with Crippen molar-refractivity contribution in [1.82, 2.24) is 4.98 Å². The Morgan fingerprint density at radius 3 is 2.42 bits per heavy atom. The van der Waals surface area contributed by atoms with E-state index in [1.54, 1.807) is 48.8 Å². The van der Waals surface area contributed by atoms with Crippen molar-refractivity contribution in [2.45, 2.75) is 30.5 Å². The molecule has 1 fully saturated rings. The standard InChI is InChI=1S/C17H19NO6/c19-9-13-14(20)15(21)16(22)17(24-13)10-2-1-3-12(8-10)23-11-4-6-18-7-5-11/h1-8,13-17,19-22H,9H2/t13-,14-,15+,16+,17?/m1/s1. The third kappa shape index (κ3) is 3.40. The summed E-state index contributed by atoms with van der Waals surface area (Å²) in [7, 11) is 0. The van der Waals surface area contributed by atoms with Crippen LogP contribution in [0.1, 0.15) is 11.7 Å². The van der Waals surface area contributed by atoms with Crippen LogP contribution < -0.4 is 4.74 Å². The minimum absolute atomic E-state index is 0.464. The number of aliphatic hydroxyl groups is 4. The average molecular weight is 333 g/mol. The fourth-order valence-electron chi connectivity index (χ4n) is 2.67. The molecule has 7 heteroatoms. The Kier molecular flexibility index (Phi) is 5.08. The van der Waals surface area contributed by atoms with Crippen molar-refractivity contribution < 1.29 is 29.9 Å². The number of hydrogen-bond acceptors (Lipinski definition) is 7. The Hall–Kier alpha value is -2.03. The zero-order valence-corrected chi connectivity index (χ0v) is 12.8. The van der Waals surface area contributed by atoms with Crippen molar-refractivity contribution >= 4 is 0 Å². The third-order valence-corrected chi connectivity index (χ3v) is 3.96.